The summed E-state index contributed by atoms with van der Waals surface area (Å²) in [6.45, 7) is 25.9. The second-order valence-corrected chi connectivity index (χ2v) is 17.3. The van der Waals surface area contributed by atoms with E-state index in [-0.39, 0.29) is 24.3 Å². The zero-order valence-corrected chi connectivity index (χ0v) is 40.6. The quantitative estimate of drug-likeness (QED) is 0.0274. The molecule has 0 aliphatic heterocycles. The molecule has 0 aromatic heterocycles. The number of carbonyl (C=O) groups excluding carboxylic acids is 2. The SMILES string of the molecule is C=C(CCCCCOC(=O)C(CCCCCC)CCCCCCCC)NCC(=O)NCCCCCCOC(=C)C(CCCCCC)CCCCCCCC.C=C(N)NCC. The third-order valence-corrected chi connectivity index (χ3v) is 11.4. The van der Waals surface area contributed by atoms with Gasteiger partial charge in [0.1, 0.15) is 0 Å². The third-order valence-electron chi connectivity index (χ3n) is 11.4. The summed E-state index contributed by atoms with van der Waals surface area (Å²) in [4.78, 5) is 25.2. The summed E-state index contributed by atoms with van der Waals surface area (Å²) in [7, 11) is 0. The highest BCUT2D eigenvalue weighted by molar-refractivity contribution is 5.78. The summed E-state index contributed by atoms with van der Waals surface area (Å²) < 4.78 is 11.9. The summed E-state index contributed by atoms with van der Waals surface area (Å²) >= 11 is 0. The molecule has 0 heterocycles. The zero-order valence-electron chi connectivity index (χ0n) is 40.6. The van der Waals surface area contributed by atoms with Crippen LogP contribution in [0.5, 0.6) is 0 Å². The van der Waals surface area contributed by atoms with E-state index in [1.54, 1.807) is 0 Å². The van der Waals surface area contributed by atoms with Crippen LogP contribution in [-0.2, 0) is 19.1 Å². The van der Waals surface area contributed by atoms with Gasteiger partial charge in [-0.2, -0.15) is 0 Å². The molecule has 0 spiro atoms. The van der Waals surface area contributed by atoms with E-state index in [4.69, 9.17) is 15.2 Å². The molecule has 0 saturated carbocycles. The number of esters is 1. The van der Waals surface area contributed by atoms with Crippen molar-refractivity contribution < 1.29 is 19.1 Å². The fourth-order valence-electron chi connectivity index (χ4n) is 7.44. The first-order chi connectivity index (χ1) is 29.2. The largest absolute Gasteiger partial charge is 0.498 e. The van der Waals surface area contributed by atoms with E-state index in [0.29, 0.717) is 24.9 Å². The van der Waals surface area contributed by atoms with Crippen molar-refractivity contribution in [1.82, 2.24) is 16.0 Å². The van der Waals surface area contributed by atoms with E-state index in [1.165, 1.54) is 128 Å². The second-order valence-electron chi connectivity index (χ2n) is 17.3. The summed E-state index contributed by atoms with van der Waals surface area (Å²) in [6.07, 6.45) is 37.8. The van der Waals surface area contributed by atoms with Crippen molar-refractivity contribution in [3.05, 3.63) is 37.0 Å². The van der Waals surface area contributed by atoms with Crippen LogP contribution in [0.1, 0.15) is 240 Å². The zero-order chi connectivity index (χ0) is 44.7. The highest BCUT2D eigenvalue weighted by Crippen LogP contribution is 2.26. The van der Waals surface area contributed by atoms with Crippen molar-refractivity contribution in [3.8, 4) is 0 Å². The van der Waals surface area contributed by atoms with Crippen LogP contribution in [0.3, 0.4) is 0 Å². The van der Waals surface area contributed by atoms with Gasteiger partial charge in [-0.25, -0.2) is 0 Å². The van der Waals surface area contributed by atoms with Crippen LogP contribution in [0.4, 0.5) is 0 Å². The molecule has 0 saturated heterocycles. The molecule has 0 aromatic rings. The van der Waals surface area contributed by atoms with Gasteiger partial charge in [0.2, 0.25) is 5.91 Å². The number of hydrogen-bond acceptors (Lipinski definition) is 7. The van der Waals surface area contributed by atoms with E-state index >= 15 is 0 Å². The molecule has 0 aliphatic rings. The number of nitrogens with one attached hydrogen (secondary N) is 3. The average Bonchev–Trinajstić information content (AvgIpc) is 3.23. The molecule has 1 amide bonds. The standard InChI is InChI=1S/C48H92N2O4.C4H10N2/c1-7-11-15-19-21-29-36-45(35-27-17-13-9-3)44(6)53-40-32-24-23-31-39-49-47(51)42-50-43(5)34-26-25-33-41-54-48(52)46(37-28-18-14-10-4)38-30-22-20-16-12-8-2;1-3-6-4(2)5/h45-46,50H,5-42H2,1-4H3,(H,49,51);6H,2-3,5H2,1H3. The minimum atomic E-state index is 0.0169. The first-order valence-corrected chi connectivity index (χ1v) is 25.5. The fourth-order valence-corrected chi connectivity index (χ4v) is 7.44. The normalized spacial score (nSPS) is 11.8. The van der Waals surface area contributed by atoms with Crippen molar-refractivity contribution in [1.29, 1.82) is 0 Å². The topological polar surface area (TPSA) is 115 Å². The molecule has 0 radical (unpaired) electrons. The number of rotatable bonds is 45. The number of nitrogens with two attached hydrogens (primary N) is 1. The monoisotopic (exact) mass is 847 g/mol. The van der Waals surface area contributed by atoms with Gasteiger partial charge in [0.15, 0.2) is 0 Å². The second kappa shape index (κ2) is 47.4. The van der Waals surface area contributed by atoms with Gasteiger partial charge in [-0.3, -0.25) is 9.59 Å². The number of amides is 1. The van der Waals surface area contributed by atoms with Crippen LogP contribution < -0.4 is 21.7 Å². The Bertz CT molecular complexity index is 1000. The molecule has 60 heavy (non-hydrogen) atoms. The number of carbonyl (C=O) groups is 2. The van der Waals surface area contributed by atoms with Gasteiger partial charge < -0.3 is 31.2 Å². The Morgan fingerprint density at radius 2 is 0.900 bits per heavy atom. The molecule has 2 atom stereocenters. The predicted molar refractivity (Wildman–Crippen MR) is 261 cm³/mol. The van der Waals surface area contributed by atoms with Gasteiger partial charge in [0, 0.05) is 24.7 Å². The molecule has 2 unspecified atom stereocenters. The van der Waals surface area contributed by atoms with Crippen LogP contribution in [0, 0.1) is 11.8 Å². The molecule has 0 bridgehead atoms. The molecular formula is C52H102N4O4. The summed E-state index contributed by atoms with van der Waals surface area (Å²) in [5, 5.41) is 9.01. The predicted octanol–water partition coefficient (Wildman–Crippen LogP) is 14.1. The van der Waals surface area contributed by atoms with E-state index in [2.05, 4.69) is 63.4 Å². The Morgan fingerprint density at radius 3 is 1.38 bits per heavy atom. The molecule has 0 rings (SSSR count). The van der Waals surface area contributed by atoms with Gasteiger partial charge in [0.05, 0.1) is 37.3 Å². The van der Waals surface area contributed by atoms with Gasteiger partial charge in [-0.15, -0.1) is 0 Å². The lowest BCUT2D eigenvalue weighted by atomic mass is 9.93. The van der Waals surface area contributed by atoms with Crippen molar-refractivity contribution in [2.45, 2.75) is 240 Å². The third kappa shape index (κ3) is 43.4. The highest BCUT2D eigenvalue weighted by Gasteiger charge is 2.19. The molecule has 8 heteroatoms. The van der Waals surface area contributed by atoms with E-state index in [9.17, 15) is 9.59 Å². The molecule has 8 nitrogen and oxygen atoms in total. The maximum absolute atomic E-state index is 12.9. The lowest BCUT2D eigenvalue weighted by molar-refractivity contribution is -0.149. The summed E-state index contributed by atoms with van der Waals surface area (Å²) in [5.74, 6) is 2.16. The molecule has 0 aromatic carbocycles. The number of allylic oxidation sites excluding steroid dienone is 2. The van der Waals surface area contributed by atoms with Gasteiger partial charge in [-0.1, -0.05) is 189 Å². The number of hydrogen-bond donors (Lipinski definition) is 4. The van der Waals surface area contributed by atoms with E-state index in [1.807, 2.05) is 6.92 Å². The Morgan fingerprint density at radius 1 is 0.483 bits per heavy atom. The lowest BCUT2D eigenvalue weighted by Crippen LogP contribution is -2.33. The first kappa shape index (κ1) is 59.5. The maximum Gasteiger partial charge on any atom is 0.308 e. The van der Waals surface area contributed by atoms with Crippen LogP contribution in [0.15, 0.2) is 37.0 Å². The molecule has 5 N–H and O–H groups in total. The average molecular weight is 847 g/mol. The van der Waals surface area contributed by atoms with Crippen LogP contribution in [-0.4, -0.2) is 44.7 Å². The van der Waals surface area contributed by atoms with Crippen LogP contribution in [0.2, 0.25) is 0 Å². The Kier molecular flexibility index (Phi) is 47.0. The molecular weight excluding hydrogens is 745 g/mol. The Balaban J connectivity index is 0. The van der Waals surface area contributed by atoms with Crippen molar-refractivity contribution in [2.24, 2.45) is 17.6 Å². The van der Waals surface area contributed by atoms with Crippen molar-refractivity contribution in [2.75, 3.05) is 32.8 Å². The van der Waals surface area contributed by atoms with Crippen LogP contribution >= 0.6 is 0 Å². The summed E-state index contributed by atoms with van der Waals surface area (Å²) in [5.41, 5.74) is 5.99. The molecule has 354 valence electrons. The maximum atomic E-state index is 12.9. The van der Waals surface area contributed by atoms with Gasteiger partial charge in [0.25, 0.3) is 0 Å². The van der Waals surface area contributed by atoms with Gasteiger partial charge in [-0.05, 0) is 71.1 Å². The van der Waals surface area contributed by atoms with E-state index < -0.39 is 0 Å². The van der Waals surface area contributed by atoms with Crippen molar-refractivity contribution >= 4 is 11.9 Å². The van der Waals surface area contributed by atoms with Crippen LogP contribution in [0.25, 0.3) is 0 Å². The number of unbranched alkanes of at least 4 members (excludes halogenated alkanes) is 21. The van der Waals surface area contributed by atoms with Crippen molar-refractivity contribution in [3.63, 3.8) is 0 Å². The first-order valence-electron chi connectivity index (χ1n) is 25.5. The molecule has 0 fully saturated rings. The lowest BCUT2D eigenvalue weighted by Gasteiger charge is -2.20. The Hall–Kier alpha value is -2.64. The highest BCUT2D eigenvalue weighted by atomic mass is 16.5. The fraction of sp³-hybridized carbons (Fsp3) is 0.846. The molecule has 0 aliphatic carbocycles. The minimum Gasteiger partial charge on any atom is -0.498 e. The Labute approximate surface area is 373 Å². The summed E-state index contributed by atoms with van der Waals surface area (Å²) in [6, 6.07) is 0. The van der Waals surface area contributed by atoms with E-state index in [0.717, 1.165) is 102 Å². The van der Waals surface area contributed by atoms with Gasteiger partial charge >= 0.3 is 5.97 Å². The number of ether oxygens (including phenoxy) is 2. The smallest absolute Gasteiger partial charge is 0.308 e. The minimum absolute atomic E-state index is 0.0169.